The molecule has 1 heterocycles. The van der Waals surface area contributed by atoms with Crippen LogP contribution in [-0.2, 0) is 9.47 Å². The van der Waals surface area contributed by atoms with Crippen molar-refractivity contribution in [3.8, 4) is 0 Å². The Bertz CT molecular complexity index is 169. The Morgan fingerprint density at radius 2 is 2.31 bits per heavy atom. The second kappa shape index (κ2) is 5.04. The number of nitrogens with zero attached hydrogens (tertiary/aromatic N) is 1. The van der Waals surface area contributed by atoms with E-state index in [1.165, 1.54) is 7.11 Å². The number of hydrogen-bond acceptors (Lipinski definition) is 4. The first-order valence-corrected chi connectivity index (χ1v) is 4.38. The van der Waals surface area contributed by atoms with Gasteiger partial charge < -0.3 is 20.1 Å². The molecule has 0 saturated carbocycles. The number of hydrogen-bond donors (Lipinski definition) is 1. The van der Waals surface area contributed by atoms with Crippen LogP contribution in [0.25, 0.3) is 0 Å². The highest BCUT2D eigenvalue weighted by Gasteiger charge is 2.30. The second-order valence-corrected chi connectivity index (χ2v) is 3.10. The van der Waals surface area contributed by atoms with Crippen molar-refractivity contribution in [2.24, 2.45) is 11.7 Å². The van der Waals surface area contributed by atoms with Gasteiger partial charge in [-0.15, -0.1) is 0 Å². The smallest absolute Gasteiger partial charge is 0.409 e. The summed E-state index contributed by atoms with van der Waals surface area (Å²) in [6.45, 7) is 3.29. The predicted octanol–water partition coefficient (Wildman–Crippen LogP) is -0.340. The summed E-state index contributed by atoms with van der Waals surface area (Å²) in [6, 6.07) is 0. The number of carbonyl (C=O) groups excluding carboxylic acids is 1. The molecule has 0 aliphatic carbocycles. The molecule has 0 bridgehead atoms. The Labute approximate surface area is 77.8 Å². The quantitative estimate of drug-likeness (QED) is 0.613. The van der Waals surface area contributed by atoms with Crippen molar-refractivity contribution in [2.45, 2.75) is 0 Å². The van der Waals surface area contributed by atoms with Crippen LogP contribution in [0.15, 0.2) is 0 Å². The van der Waals surface area contributed by atoms with Crippen LogP contribution in [-0.4, -0.2) is 51.0 Å². The SMILES string of the molecule is COC(=O)N1CC(COCCN)C1. The van der Waals surface area contributed by atoms with Gasteiger partial charge in [-0.25, -0.2) is 4.79 Å². The Morgan fingerprint density at radius 1 is 1.62 bits per heavy atom. The van der Waals surface area contributed by atoms with Crippen LogP contribution in [0.5, 0.6) is 0 Å². The van der Waals surface area contributed by atoms with Crippen LogP contribution in [0.2, 0.25) is 0 Å². The lowest BCUT2D eigenvalue weighted by Crippen LogP contribution is -2.51. The van der Waals surface area contributed by atoms with E-state index in [2.05, 4.69) is 4.74 Å². The van der Waals surface area contributed by atoms with E-state index in [4.69, 9.17) is 10.5 Å². The minimum absolute atomic E-state index is 0.255. The third-order valence-electron chi connectivity index (χ3n) is 2.01. The number of carbonyl (C=O) groups is 1. The molecule has 1 fully saturated rings. The Kier molecular flexibility index (Phi) is 3.98. The van der Waals surface area contributed by atoms with Crippen molar-refractivity contribution in [2.75, 3.05) is 40.0 Å². The monoisotopic (exact) mass is 188 g/mol. The molecule has 13 heavy (non-hydrogen) atoms. The van der Waals surface area contributed by atoms with Gasteiger partial charge in [0.15, 0.2) is 0 Å². The fourth-order valence-electron chi connectivity index (χ4n) is 1.29. The molecule has 0 aromatic heterocycles. The molecular weight excluding hydrogens is 172 g/mol. The van der Waals surface area contributed by atoms with Crippen LogP contribution in [0, 0.1) is 5.92 Å². The van der Waals surface area contributed by atoms with Crippen molar-refractivity contribution in [3.05, 3.63) is 0 Å². The van der Waals surface area contributed by atoms with Gasteiger partial charge in [0.1, 0.15) is 0 Å². The molecule has 0 aromatic carbocycles. The molecule has 5 heteroatoms. The number of rotatable bonds is 4. The number of amides is 1. The summed E-state index contributed by atoms with van der Waals surface area (Å²) in [7, 11) is 1.39. The predicted molar refractivity (Wildman–Crippen MR) is 47.3 cm³/mol. The summed E-state index contributed by atoms with van der Waals surface area (Å²) >= 11 is 0. The van der Waals surface area contributed by atoms with Gasteiger partial charge in [-0.05, 0) is 0 Å². The number of methoxy groups -OCH3 is 1. The first-order valence-electron chi connectivity index (χ1n) is 4.38. The molecule has 2 N–H and O–H groups in total. The van der Waals surface area contributed by atoms with Gasteiger partial charge in [0.25, 0.3) is 0 Å². The lowest BCUT2D eigenvalue weighted by Gasteiger charge is -2.37. The van der Waals surface area contributed by atoms with Crippen LogP contribution in [0.4, 0.5) is 4.79 Å². The van der Waals surface area contributed by atoms with Crippen LogP contribution in [0.1, 0.15) is 0 Å². The molecule has 5 nitrogen and oxygen atoms in total. The van der Waals surface area contributed by atoms with E-state index in [0.29, 0.717) is 25.7 Å². The van der Waals surface area contributed by atoms with Crippen LogP contribution >= 0.6 is 0 Å². The van der Waals surface area contributed by atoms with Crippen molar-refractivity contribution in [1.29, 1.82) is 0 Å². The van der Waals surface area contributed by atoms with Gasteiger partial charge in [0.05, 0.1) is 20.3 Å². The maximum Gasteiger partial charge on any atom is 0.409 e. The standard InChI is InChI=1S/C8H16N2O3/c1-12-8(11)10-4-7(5-10)6-13-3-2-9/h7H,2-6,9H2,1H3. The first-order chi connectivity index (χ1) is 6.27. The number of ether oxygens (including phenoxy) is 2. The lowest BCUT2D eigenvalue weighted by molar-refractivity contribution is 0.0166. The van der Waals surface area contributed by atoms with Crippen LogP contribution < -0.4 is 5.73 Å². The van der Waals surface area contributed by atoms with Crippen molar-refractivity contribution >= 4 is 6.09 Å². The third-order valence-corrected chi connectivity index (χ3v) is 2.01. The highest BCUT2D eigenvalue weighted by Crippen LogP contribution is 2.16. The Morgan fingerprint density at radius 3 is 2.85 bits per heavy atom. The maximum absolute atomic E-state index is 10.9. The molecule has 1 rings (SSSR count). The second-order valence-electron chi connectivity index (χ2n) is 3.10. The Hall–Kier alpha value is -0.810. The van der Waals surface area contributed by atoms with Crippen molar-refractivity contribution in [1.82, 2.24) is 4.90 Å². The van der Waals surface area contributed by atoms with E-state index in [1.807, 2.05) is 0 Å². The number of nitrogens with two attached hydrogens (primary N) is 1. The van der Waals surface area contributed by atoms with E-state index < -0.39 is 0 Å². The van der Waals surface area contributed by atoms with Gasteiger partial charge >= 0.3 is 6.09 Å². The zero-order valence-electron chi connectivity index (χ0n) is 7.86. The zero-order chi connectivity index (χ0) is 9.68. The van der Waals surface area contributed by atoms with E-state index >= 15 is 0 Å². The molecular formula is C8H16N2O3. The zero-order valence-corrected chi connectivity index (χ0v) is 7.86. The van der Waals surface area contributed by atoms with Crippen LogP contribution in [0.3, 0.4) is 0 Å². The molecule has 0 atom stereocenters. The largest absolute Gasteiger partial charge is 0.453 e. The number of likely N-dealkylation sites (tertiary alicyclic amines) is 1. The van der Waals surface area contributed by atoms with Crippen molar-refractivity contribution < 1.29 is 14.3 Å². The molecule has 76 valence electrons. The van der Waals surface area contributed by atoms with Gasteiger partial charge in [-0.3, -0.25) is 0 Å². The molecule has 1 aliphatic heterocycles. The molecule has 1 amide bonds. The fraction of sp³-hybridized carbons (Fsp3) is 0.875. The topological polar surface area (TPSA) is 64.8 Å². The lowest BCUT2D eigenvalue weighted by atomic mass is 10.0. The summed E-state index contributed by atoms with van der Waals surface area (Å²) in [4.78, 5) is 12.6. The molecule has 1 aliphatic rings. The Balaban J connectivity index is 2.01. The summed E-state index contributed by atoms with van der Waals surface area (Å²) in [5.74, 6) is 0.450. The molecule has 0 unspecified atom stereocenters. The van der Waals surface area contributed by atoms with E-state index in [9.17, 15) is 4.79 Å². The third kappa shape index (κ3) is 2.86. The van der Waals surface area contributed by atoms with E-state index in [1.54, 1.807) is 4.90 Å². The maximum atomic E-state index is 10.9. The minimum atomic E-state index is -0.255. The molecule has 0 spiro atoms. The van der Waals surface area contributed by atoms with Gasteiger partial charge in [0, 0.05) is 25.6 Å². The summed E-state index contributed by atoms with van der Waals surface area (Å²) in [6.07, 6.45) is -0.255. The average Bonchev–Trinajstić information content (AvgIpc) is 2.08. The first kappa shape index (κ1) is 10.3. The fourth-order valence-corrected chi connectivity index (χ4v) is 1.29. The molecule has 0 radical (unpaired) electrons. The van der Waals surface area contributed by atoms with Gasteiger partial charge in [-0.2, -0.15) is 0 Å². The summed E-state index contributed by atoms with van der Waals surface area (Å²) in [5, 5.41) is 0. The van der Waals surface area contributed by atoms with Gasteiger partial charge in [0.2, 0.25) is 0 Å². The summed E-state index contributed by atoms with van der Waals surface area (Å²) in [5.41, 5.74) is 5.26. The normalized spacial score (nSPS) is 16.9. The van der Waals surface area contributed by atoms with E-state index in [0.717, 1.165) is 13.1 Å². The van der Waals surface area contributed by atoms with Gasteiger partial charge in [-0.1, -0.05) is 0 Å². The minimum Gasteiger partial charge on any atom is -0.453 e. The average molecular weight is 188 g/mol. The highest BCUT2D eigenvalue weighted by atomic mass is 16.5. The highest BCUT2D eigenvalue weighted by molar-refractivity contribution is 5.68. The van der Waals surface area contributed by atoms with E-state index in [-0.39, 0.29) is 6.09 Å². The molecule has 1 saturated heterocycles. The molecule has 0 aromatic rings. The summed E-state index contributed by atoms with van der Waals surface area (Å²) < 4.78 is 9.80. The van der Waals surface area contributed by atoms with Crippen molar-refractivity contribution in [3.63, 3.8) is 0 Å².